The number of alkyl halides is 3. The molecular weight excluding hydrogens is 516 g/mol. The number of carbonyl (C=O) groups is 1. The van der Waals surface area contributed by atoms with Crippen LogP contribution in [0.25, 0.3) is 0 Å². The summed E-state index contributed by atoms with van der Waals surface area (Å²) in [7, 11) is -4.38. The van der Waals surface area contributed by atoms with Gasteiger partial charge < -0.3 is 4.90 Å². The highest BCUT2D eigenvalue weighted by Crippen LogP contribution is 2.31. The largest absolute Gasteiger partial charge is 0.416 e. The Morgan fingerprint density at radius 3 is 2.31 bits per heavy atom. The van der Waals surface area contributed by atoms with E-state index in [1.807, 2.05) is 18.4 Å². The number of sulfonamides is 1. The maximum Gasteiger partial charge on any atom is 0.416 e. The Kier molecular flexibility index (Phi) is 8.91. The van der Waals surface area contributed by atoms with E-state index in [-0.39, 0.29) is 19.6 Å². The summed E-state index contributed by atoms with van der Waals surface area (Å²) < 4.78 is 80.3. The second-order valence-electron chi connectivity index (χ2n) is 8.27. The molecule has 36 heavy (non-hydrogen) atoms. The van der Waals surface area contributed by atoms with Crippen molar-refractivity contribution in [3.05, 3.63) is 87.4 Å². The Morgan fingerprint density at radius 2 is 1.72 bits per heavy atom. The van der Waals surface area contributed by atoms with Gasteiger partial charge in [0.25, 0.3) is 0 Å². The second kappa shape index (κ2) is 11.5. The van der Waals surface area contributed by atoms with E-state index in [9.17, 15) is 30.8 Å². The number of aryl methyl sites for hydroxylation is 1. The number of amides is 1. The van der Waals surface area contributed by atoms with Gasteiger partial charge >= 0.3 is 6.18 Å². The summed E-state index contributed by atoms with van der Waals surface area (Å²) in [6.07, 6.45) is -4.35. The number of benzene rings is 2. The fourth-order valence-electron chi connectivity index (χ4n) is 3.55. The number of rotatable bonds is 10. The summed E-state index contributed by atoms with van der Waals surface area (Å²) in [5.74, 6) is -0.942. The van der Waals surface area contributed by atoms with Gasteiger partial charge in [0.05, 0.1) is 23.5 Å². The van der Waals surface area contributed by atoms with Crippen LogP contribution in [0.5, 0.6) is 0 Å². The van der Waals surface area contributed by atoms with Crippen molar-refractivity contribution in [2.75, 3.05) is 13.1 Å². The topological polar surface area (TPSA) is 57.7 Å². The molecule has 0 aliphatic carbocycles. The van der Waals surface area contributed by atoms with E-state index in [2.05, 4.69) is 0 Å². The van der Waals surface area contributed by atoms with Gasteiger partial charge in [0, 0.05) is 18.0 Å². The van der Waals surface area contributed by atoms with Gasteiger partial charge in [-0.2, -0.15) is 17.5 Å². The lowest BCUT2D eigenvalue weighted by Crippen LogP contribution is -2.42. The monoisotopic (exact) mass is 542 g/mol. The molecule has 2 aromatic carbocycles. The fourth-order valence-corrected chi connectivity index (χ4v) is 6.00. The first kappa shape index (κ1) is 27.8. The van der Waals surface area contributed by atoms with Crippen LogP contribution in [0.15, 0.2) is 64.9 Å². The average Bonchev–Trinajstić information content (AvgIpc) is 3.23. The summed E-state index contributed by atoms with van der Waals surface area (Å²) in [4.78, 5) is 15.3. The predicted molar refractivity (Wildman–Crippen MR) is 130 cm³/mol. The number of nitrogens with zero attached hydrogens (tertiary/aromatic N) is 2. The Hall–Kier alpha value is -2.76. The summed E-state index contributed by atoms with van der Waals surface area (Å²) in [6.45, 7) is 3.34. The number of halogens is 4. The van der Waals surface area contributed by atoms with Crippen LogP contribution in [0.3, 0.4) is 0 Å². The molecule has 11 heteroatoms. The van der Waals surface area contributed by atoms with Crippen LogP contribution >= 0.6 is 11.3 Å². The zero-order chi connectivity index (χ0) is 26.5. The third-order valence-electron chi connectivity index (χ3n) is 5.53. The van der Waals surface area contributed by atoms with E-state index in [4.69, 9.17) is 0 Å². The minimum absolute atomic E-state index is 0.0489. The fraction of sp³-hybridized carbons (Fsp3) is 0.320. The smallest absolute Gasteiger partial charge is 0.332 e. The number of carbonyl (C=O) groups excluding carboxylic acids is 1. The van der Waals surface area contributed by atoms with E-state index in [1.165, 1.54) is 28.4 Å². The molecule has 1 amide bonds. The van der Waals surface area contributed by atoms with Gasteiger partial charge in [0.15, 0.2) is 0 Å². The van der Waals surface area contributed by atoms with Crippen molar-refractivity contribution in [1.82, 2.24) is 9.21 Å². The van der Waals surface area contributed by atoms with Crippen molar-refractivity contribution in [1.29, 1.82) is 0 Å². The number of hydrogen-bond donors (Lipinski definition) is 0. The molecule has 1 aromatic heterocycles. The number of thiophene rings is 1. The third kappa shape index (κ3) is 6.92. The zero-order valence-corrected chi connectivity index (χ0v) is 21.4. The van der Waals surface area contributed by atoms with Gasteiger partial charge in [-0.3, -0.25) is 4.79 Å². The van der Waals surface area contributed by atoms with Crippen molar-refractivity contribution >= 4 is 27.3 Å². The first-order valence-corrected chi connectivity index (χ1v) is 13.5. The van der Waals surface area contributed by atoms with Crippen LogP contribution in [0.2, 0.25) is 0 Å². The van der Waals surface area contributed by atoms with Crippen molar-refractivity contribution in [2.24, 2.45) is 0 Å². The molecule has 3 rings (SSSR count). The highest BCUT2D eigenvalue weighted by Gasteiger charge is 2.34. The minimum Gasteiger partial charge on any atom is -0.332 e. The van der Waals surface area contributed by atoms with Gasteiger partial charge in [-0.25, -0.2) is 12.8 Å². The molecule has 3 aromatic rings. The van der Waals surface area contributed by atoms with Crippen molar-refractivity contribution in [3.8, 4) is 0 Å². The van der Waals surface area contributed by atoms with Crippen molar-refractivity contribution in [3.63, 3.8) is 0 Å². The third-order valence-corrected chi connectivity index (χ3v) is 8.37. The average molecular weight is 543 g/mol. The highest BCUT2D eigenvalue weighted by atomic mass is 32.2. The molecule has 1 heterocycles. The Morgan fingerprint density at radius 1 is 1.03 bits per heavy atom. The van der Waals surface area contributed by atoms with Gasteiger partial charge in [-0.1, -0.05) is 25.1 Å². The van der Waals surface area contributed by atoms with Crippen LogP contribution in [-0.2, 0) is 34.1 Å². The molecule has 0 N–H and O–H groups in total. The summed E-state index contributed by atoms with van der Waals surface area (Å²) in [5, 5.41) is 1.88. The van der Waals surface area contributed by atoms with Crippen molar-refractivity contribution in [2.45, 2.75) is 44.4 Å². The Bertz CT molecular complexity index is 1290. The SMILES string of the molecule is CCCN(CC(=O)N(Cc1ccc(F)cc1)Cc1sccc1C)S(=O)(=O)c1cccc(C(F)(F)F)c1. The second-order valence-corrected chi connectivity index (χ2v) is 11.2. The van der Waals surface area contributed by atoms with E-state index in [0.29, 0.717) is 18.1 Å². The summed E-state index contributed by atoms with van der Waals surface area (Å²) in [6, 6.07) is 11.0. The van der Waals surface area contributed by atoms with E-state index < -0.39 is 44.9 Å². The molecule has 5 nitrogen and oxygen atoms in total. The maximum atomic E-state index is 13.4. The van der Waals surface area contributed by atoms with Gasteiger partial charge in [-0.15, -0.1) is 11.3 Å². The molecule has 0 atom stereocenters. The van der Waals surface area contributed by atoms with Crippen LogP contribution in [-0.4, -0.2) is 36.6 Å². The highest BCUT2D eigenvalue weighted by molar-refractivity contribution is 7.89. The molecule has 0 unspecified atom stereocenters. The van der Waals surface area contributed by atoms with E-state index >= 15 is 0 Å². The molecule has 0 fully saturated rings. The predicted octanol–water partition coefficient (Wildman–Crippen LogP) is 5.84. The molecule has 0 spiro atoms. The molecule has 0 bridgehead atoms. The maximum absolute atomic E-state index is 13.4. The Labute approximate surface area is 212 Å². The lowest BCUT2D eigenvalue weighted by molar-refractivity contribution is -0.137. The zero-order valence-electron chi connectivity index (χ0n) is 19.8. The van der Waals surface area contributed by atoms with Gasteiger partial charge in [0.1, 0.15) is 5.82 Å². The molecular formula is C25H26F4N2O3S2. The Balaban J connectivity index is 1.90. The standard InChI is InChI=1S/C25H26F4N2O3S2/c1-3-12-31(36(33,34)22-6-4-5-20(14-22)25(27,28)29)17-24(32)30(16-23-18(2)11-13-35-23)15-19-7-9-21(26)10-8-19/h4-11,13-14H,3,12,15-17H2,1-2H3. The molecule has 194 valence electrons. The van der Waals surface area contributed by atoms with Crippen LogP contribution in [0, 0.1) is 12.7 Å². The first-order chi connectivity index (χ1) is 16.9. The molecule has 0 saturated carbocycles. The summed E-state index contributed by atoms with van der Waals surface area (Å²) in [5.41, 5.74) is 0.540. The van der Waals surface area contributed by atoms with Crippen LogP contribution in [0.1, 0.15) is 34.9 Å². The van der Waals surface area contributed by atoms with E-state index in [0.717, 1.165) is 32.9 Å². The normalized spacial score (nSPS) is 12.2. The van der Waals surface area contributed by atoms with Crippen LogP contribution < -0.4 is 0 Å². The lowest BCUT2D eigenvalue weighted by atomic mass is 10.2. The van der Waals surface area contributed by atoms with E-state index in [1.54, 1.807) is 19.1 Å². The van der Waals surface area contributed by atoms with Gasteiger partial charge in [-0.05, 0) is 66.2 Å². The summed E-state index contributed by atoms with van der Waals surface area (Å²) >= 11 is 1.45. The lowest BCUT2D eigenvalue weighted by Gasteiger charge is -2.27. The van der Waals surface area contributed by atoms with Crippen molar-refractivity contribution < 1.29 is 30.8 Å². The molecule has 0 radical (unpaired) electrons. The molecule has 0 aliphatic heterocycles. The quantitative estimate of drug-likeness (QED) is 0.302. The first-order valence-electron chi connectivity index (χ1n) is 11.1. The van der Waals surface area contributed by atoms with Crippen LogP contribution in [0.4, 0.5) is 17.6 Å². The molecule has 0 aliphatic rings. The minimum atomic E-state index is -4.71. The van der Waals surface area contributed by atoms with Gasteiger partial charge in [0.2, 0.25) is 15.9 Å². The molecule has 0 saturated heterocycles. The number of hydrogen-bond acceptors (Lipinski definition) is 4.